The Bertz CT molecular complexity index is 380. The van der Waals surface area contributed by atoms with E-state index in [4.69, 9.17) is 20.3 Å². The molecule has 0 aliphatic carbocycles. The average molecular weight is 246 g/mol. The summed E-state index contributed by atoms with van der Waals surface area (Å²) in [5.41, 5.74) is 6.54. The lowest BCUT2D eigenvalue weighted by Gasteiger charge is -2.05. The van der Waals surface area contributed by atoms with Gasteiger partial charge in [-0.05, 0) is 30.5 Å². The zero-order valence-corrected chi connectivity index (χ0v) is 9.64. The molecule has 7 heteroatoms. The summed E-state index contributed by atoms with van der Waals surface area (Å²) in [5, 5.41) is 0. The van der Waals surface area contributed by atoms with Crippen LogP contribution in [0.4, 0.5) is 5.82 Å². The van der Waals surface area contributed by atoms with Gasteiger partial charge in [0.15, 0.2) is 0 Å². The molecule has 0 radical (unpaired) electrons. The van der Waals surface area contributed by atoms with Gasteiger partial charge in [0.05, 0.1) is 0 Å². The second kappa shape index (κ2) is 5.96. The van der Waals surface area contributed by atoms with Gasteiger partial charge in [0.2, 0.25) is 0 Å². The maximum atomic E-state index is 10.5. The summed E-state index contributed by atoms with van der Waals surface area (Å²) in [6, 6.07) is 3.61. The number of ether oxygens (including phenoxy) is 1. The van der Waals surface area contributed by atoms with Gasteiger partial charge in [-0.15, -0.1) is 0 Å². The van der Waals surface area contributed by atoms with E-state index in [1.807, 2.05) is 6.07 Å². The van der Waals surface area contributed by atoms with Crippen molar-refractivity contribution in [2.45, 2.75) is 12.8 Å². The molecule has 90 valence electrons. The third kappa shape index (κ3) is 5.82. The molecule has 0 spiro atoms. The van der Waals surface area contributed by atoms with E-state index in [1.165, 1.54) is 0 Å². The number of hydrogen-bond acceptors (Lipinski definition) is 4. The van der Waals surface area contributed by atoms with Gasteiger partial charge in [-0.1, -0.05) is 0 Å². The summed E-state index contributed by atoms with van der Waals surface area (Å²) in [6.07, 6.45) is 2.53. The molecule has 1 rings (SSSR count). The van der Waals surface area contributed by atoms with Crippen LogP contribution in [0.5, 0.6) is 0 Å². The molecule has 4 N–H and O–H groups in total. The minimum Gasteiger partial charge on any atom is -0.384 e. The molecule has 0 aliphatic heterocycles. The first-order valence-electron chi connectivity index (χ1n) is 4.80. The highest BCUT2D eigenvalue weighted by Crippen LogP contribution is 2.33. The monoisotopic (exact) mass is 246 g/mol. The van der Waals surface area contributed by atoms with Crippen molar-refractivity contribution in [2.75, 3.05) is 18.7 Å². The van der Waals surface area contributed by atoms with Crippen LogP contribution in [0.3, 0.4) is 0 Å². The van der Waals surface area contributed by atoms with Crippen LogP contribution >= 0.6 is 7.60 Å². The van der Waals surface area contributed by atoms with Crippen LogP contribution in [0.1, 0.15) is 12.0 Å². The predicted octanol–water partition coefficient (Wildman–Crippen LogP) is 0.748. The molecule has 0 saturated heterocycles. The normalized spacial score (nSPS) is 11.6. The quantitative estimate of drug-likeness (QED) is 0.505. The molecule has 6 nitrogen and oxygen atoms in total. The number of aryl methyl sites for hydroxylation is 1. The third-order valence-corrected chi connectivity index (χ3v) is 2.38. The fraction of sp³-hybridized carbons (Fsp3) is 0.444. The summed E-state index contributed by atoms with van der Waals surface area (Å²) >= 11 is 0. The lowest BCUT2D eigenvalue weighted by molar-refractivity contribution is 0.155. The molecule has 16 heavy (non-hydrogen) atoms. The Kier molecular flexibility index (Phi) is 4.89. The average Bonchev–Trinajstić information content (AvgIpc) is 2.15. The second-order valence-corrected chi connectivity index (χ2v) is 4.98. The SMILES string of the molecule is Nc1cc(CCCOCP(=O)(O)O)ccn1. The Labute approximate surface area is 93.6 Å². The number of nitrogens with two attached hydrogens (primary N) is 1. The van der Waals surface area contributed by atoms with Crippen molar-refractivity contribution < 1.29 is 19.1 Å². The van der Waals surface area contributed by atoms with E-state index in [9.17, 15) is 4.57 Å². The van der Waals surface area contributed by atoms with Crippen molar-refractivity contribution in [3.8, 4) is 0 Å². The smallest absolute Gasteiger partial charge is 0.350 e. The van der Waals surface area contributed by atoms with Crippen LogP contribution in [-0.4, -0.2) is 27.7 Å². The van der Waals surface area contributed by atoms with Crippen molar-refractivity contribution in [3.63, 3.8) is 0 Å². The predicted molar refractivity (Wildman–Crippen MR) is 59.8 cm³/mol. The summed E-state index contributed by atoms with van der Waals surface area (Å²) in [4.78, 5) is 20.9. The second-order valence-electron chi connectivity index (χ2n) is 3.39. The third-order valence-electron chi connectivity index (χ3n) is 1.86. The van der Waals surface area contributed by atoms with Crippen LogP contribution in [0.15, 0.2) is 18.3 Å². The topological polar surface area (TPSA) is 106 Å². The van der Waals surface area contributed by atoms with Gasteiger partial charge in [-0.2, -0.15) is 0 Å². The maximum Gasteiger partial charge on any atom is 0.350 e. The van der Waals surface area contributed by atoms with Gasteiger partial charge in [-0.3, -0.25) is 4.57 Å². The van der Waals surface area contributed by atoms with E-state index in [2.05, 4.69) is 4.98 Å². The lowest BCUT2D eigenvalue weighted by atomic mass is 10.1. The molecule has 1 aromatic heterocycles. The number of hydrogen-bond donors (Lipinski definition) is 3. The first-order valence-corrected chi connectivity index (χ1v) is 6.60. The molecule has 1 heterocycles. The summed E-state index contributed by atoms with van der Waals surface area (Å²) in [5.74, 6) is 0.466. The highest BCUT2D eigenvalue weighted by atomic mass is 31.2. The van der Waals surface area contributed by atoms with Crippen LogP contribution in [0.2, 0.25) is 0 Å². The van der Waals surface area contributed by atoms with Crippen molar-refractivity contribution >= 4 is 13.4 Å². The summed E-state index contributed by atoms with van der Waals surface area (Å²) in [7, 11) is -4.04. The minimum absolute atomic E-state index is 0.313. The van der Waals surface area contributed by atoms with Gasteiger partial charge in [0, 0.05) is 12.8 Å². The van der Waals surface area contributed by atoms with Gasteiger partial charge in [0.1, 0.15) is 12.2 Å². The van der Waals surface area contributed by atoms with E-state index in [-0.39, 0.29) is 0 Å². The molecule has 0 saturated carbocycles. The molecule has 0 aliphatic rings. The molecule has 0 fully saturated rings. The largest absolute Gasteiger partial charge is 0.384 e. The Morgan fingerprint density at radius 2 is 2.25 bits per heavy atom. The van der Waals surface area contributed by atoms with E-state index < -0.39 is 13.9 Å². The number of pyridine rings is 1. The van der Waals surface area contributed by atoms with Crippen LogP contribution in [0.25, 0.3) is 0 Å². The Hall–Kier alpha value is -0.940. The zero-order valence-electron chi connectivity index (χ0n) is 8.74. The Morgan fingerprint density at radius 3 is 2.88 bits per heavy atom. The number of aromatic nitrogens is 1. The first-order chi connectivity index (χ1) is 7.47. The van der Waals surface area contributed by atoms with Gasteiger partial charge in [0.25, 0.3) is 0 Å². The maximum absolute atomic E-state index is 10.5. The van der Waals surface area contributed by atoms with E-state index in [1.54, 1.807) is 12.3 Å². The summed E-state index contributed by atoms with van der Waals surface area (Å²) < 4.78 is 15.3. The van der Waals surface area contributed by atoms with Crippen LogP contribution in [0, 0.1) is 0 Å². The van der Waals surface area contributed by atoms with Crippen molar-refractivity contribution in [3.05, 3.63) is 23.9 Å². The summed E-state index contributed by atoms with van der Waals surface area (Å²) in [6.45, 7) is 0.313. The fourth-order valence-electron chi connectivity index (χ4n) is 1.21. The molecular weight excluding hydrogens is 231 g/mol. The van der Waals surface area contributed by atoms with Gasteiger partial charge in [-0.25, -0.2) is 4.98 Å². The van der Waals surface area contributed by atoms with Crippen molar-refractivity contribution in [1.29, 1.82) is 0 Å². The standard InChI is InChI=1S/C9H15N2O4P/c10-9-6-8(3-4-11-9)2-1-5-15-7-16(12,13)14/h3-4,6H,1-2,5,7H2,(H2,10,11)(H2,12,13,14). The molecular formula is C9H15N2O4P. The minimum atomic E-state index is -4.04. The van der Waals surface area contributed by atoms with E-state index in [0.717, 1.165) is 12.0 Å². The fourth-order valence-corrected chi connectivity index (χ4v) is 1.58. The zero-order chi connectivity index (χ0) is 12.0. The van der Waals surface area contributed by atoms with Gasteiger partial charge < -0.3 is 20.3 Å². The molecule has 0 aromatic carbocycles. The number of anilines is 1. The molecule has 1 aromatic rings. The molecule has 0 amide bonds. The lowest BCUT2D eigenvalue weighted by Crippen LogP contribution is -2.00. The van der Waals surface area contributed by atoms with Crippen LogP contribution < -0.4 is 5.73 Å². The highest BCUT2D eigenvalue weighted by molar-refractivity contribution is 7.51. The highest BCUT2D eigenvalue weighted by Gasteiger charge is 2.11. The van der Waals surface area contributed by atoms with Gasteiger partial charge >= 0.3 is 7.60 Å². The van der Waals surface area contributed by atoms with E-state index >= 15 is 0 Å². The number of rotatable bonds is 6. The molecule has 0 bridgehead atoms. The van der Waals surface area contributed by atoms with Crippen molar-refractivity contribution in [2.24, 2.45) is 0 Å². The molecule has 0 unspecified atom stereocenters. The van der Waals surface area contributed by atoms with Crippen LogP contribution in [-0.2, 0) is 15.7 Å². The van der Waals surface area contributed by atoms with Crippen molar-refractivity contribution in [1.82, 2.24) is 4.98 Å². The van der Waals surface area contributed by atoms with E-state index in [0.29, 0.717) is 18.8 Å². The number of nitrogens with zero attached hydrogens (tertiary/aromatic N) is 1. The molecule has 0 atom stereocenters. The number of nitrogen functional groups attached to an aromatic ring is 1. The Morgan fingerprint density at radius 1 is 1.50 bits per heavy atom. The first kappa shape index (κ1) is 13.1. The Balaban J connectivity index is 2.19.